The predicted octanol–water partition coefficient (Wildman–Crippen LogP) is 3.91. The van der Waals surface area contributed by atoms with E-state index in [2.05, 4.69) is 5.32 Å². The molecule has 2 amide bonds. The molecule has 2 aromatic rings. The van der Waals surface area contributed by atoms with Crippen LogP contribution in [-0.2, 0) is 9.59 Å². The number of anilines is 2. The molecule has 130 valence electrons. The van der Waals surface area contributed by atoms with Gasteiger partial charge in [-0.05, 0) is 68.1 Å². The van der Waals surface area contributed by atoms with Gasteiger partial charge in [0, 0.05) is 24.3 Å². The monoisotopic (exact) mass is 336 g/mol. The Balaban J connectivity index is 1.74. The lowest BCUT2D eigenvalue weighted by molar-refractivity contribution is -0.122. The molecule has 4 heteroatoms. The summed E-state index contributed by atoms with van der Waals surface area (Å²) < 4.78 is 0. The minimum Gasteiger partial charge on any atom is -0.326 e. The van der Waals surface area contributed by atoms with Crippen LogP contribution in [0, 0.1) is 33.6 Å². The van der Waals surface area contributed by atoms with Crippen molar-refractivity contribution < 1.29 is 9.59 Å². The van der Waals surface area contributed by atoms with Gasteiger partial charge in [-0.3, -0.25) is 9.59 Å². The fourth-order valence-electron chi connectivity index (χ4n) is 3.15. The van der Waals surface area contributed by atoms with Crippen LogP contribution in [0.2, 0.25) is 0 Å². The summed E-state index contributed by atoms with van der Waals surface area (Å²) in [6.07, 6.45) is 0.254. The lowest BCUT2D eigenvalue weighted by Gasteiger charge is -2.18. The van der Waals surface area contributed by atoms with Gasteiger partial charge < -0.3 is 10.2 Å². The van der Waals surface area contributed by atoms with Crippen molar-refractivity contribution in [1.82, 2.24) is 0 Å². The number of benzene rings is 2. The molecule has 25 heavy (non-hydrogen) atoms. The van der Waals surface area contributed by atoms with E-state index in [0.29, 0.717) is 6.54 Å². The van der Waals surface area contributed by atoms with Gasteiger partial charge in [-0.15, -0.1) is 0 Å². The largest absolute Gasteiger partial charge is 0.326 e. The maximum atomic E-state index is 12.6. The molecule has 0 bridgehead atoms. The van der Waals surface area contributed by atoms with Crippen LogP contribution in [0.1, 0.15) is 28.7 Å². The highest BCUT2D eigenvalue weighted by atomic mass is 16.2. The van der Waals surface area contributed by atoms with Crippen LogP contribution in [0.15, 0.2) is 36.4 Å². The Morgan fingerprint density at radius 3 is 2.52 bits per heavy atom. The molecule has 1 aliphatic heterocycles. The maximum Gasteiger partial charge on any atom is 0.229 e. The molecule has 1 N–H and O–H groups in total. The van der Waals surface area contributed by atoms with E-state index < -0.39 is 0 Å². The third-order valence-electron chi connectivity index (χ3n) is 5.16. The first kappa shape index (κ1) is 17.2. The summed E-state index contributed by atoms with van der Waals surface area (Å²) >= 11 is 0. The smallest absolute Gasteiger partial charge is 0.229 e. The molecule has 1 aliphatic rings. The first-order valence-electron chi connectivity index (χ1n) is 8.61. The highest BCUT2D eigenvalue weighted by Crippen LogP contribution is 2.28. The Hall–Kier alpha value is -2.62. The second kappa shape index (κ2) is 6.71. The first-order chi connectivity index (χ1) is 11.9. The normalized spacial score (nSPS) is 17.0. The third-order valence-corrected chi connectivity index (χ3v) is 5.16. The van der Waals surface area contributed by atoms with Crippen molar-refractivity contribution in [1.29, 1.82) is 0 Å². The van der Waals surface area contributed by atoms with Crippen LogP contribution in [0.4, 0.5) is 11.4 Å². The van der Waals surface area contributed by atoms with Crippen LogP contribution in [0.5, 0.6) is 0 Å². The molecule has 1 atom stereocenters. The van der Waals surface area contributed by atoms with Crippen molar-refractivity contribution in [2.24, 2.45) is 5.92 Å². The summed E-state index contributed by atoms with van der Waals surface area (Å²) in [7, 11) is 0. The van der Waals surface area contributed by atoms with E-state index in [1.165, 1.54) is 5.56 Å². The zero-order valence-electron chi connectivity index (χ0n) is 15.2. The van der Waals surface area contributed by atoms with Crippen LogP contribution in [0.3, 0.4) is 0 Å². The number of rotatable bonds is 3. The second-order valence-electron chi connectivity index (χ2n) is 6.91. The van der Waals surface area contributed by atoms with E-state index in [9.17, 15) is 9.59 Å². The van der Waals surface area contributed by atoms with E-state index in [1.807, 2.05) is 64.1 Å². The van der Waals surface area contributed by atoms with Crippen LogP contribution < -0.4 is 10.2 Å². The molecule has 0 aliphatic carbocycles. The van der Waals surface area contributed by atoms with Crippen LogP contribution >= 0.6 is 0 Å². The number of nitrogens with one attached hydrogen (secondary N) is 1. The van der Waals surface area contributed by atoms with Crippen molar-refractivity contribution in [3.05, 3.63) is 58.7 Å². The van der Waals surface area contributed by atoms with Gasteiger partial charge in [-0.25, -0.2) is 0 Å². The lowest BCUT2D eigenvalue weighted by Crippen LogP contribution is -2.28. The molecule has 3 rings (SSSR count). The third kappa shape index (κ3) is 3.43. The molecule has 0 aromatic heterocycles. The lowest BCUT2D eigenvalue weighted by atomic mass is 10.1. The number of carbonyl (C=O) groups is 2. The summed E-state index contributed by atoms with van der Waals surface area (Å²) in [6.45, 7) is 8.52. The molecule has 0 spiro atoms. The van der Waals surface area contributed by atoms with Gasteiger partial charge in [-0.1, -0.05) is 18.2 Å². The molecular weight excluding hydrogens is 312 g/mol. The topological polar surface area (TPSA) is 49.4 Å². The van der Waals surface area contributed by atoms with Crippen molar-refractivity contribution in [2.45, 2.75) is 34.1 Å². The molecule has 1 saturated heterocycles. The molecule has 4 nitrogen and oxygen atoms in total. The fraction of sp³-hybridized carbons (Fsp3) is 0.333. The minimum atomic E-state index is -0.325. The van der Waals surface area contributed by atoms with E-state index in [0.717, 1.165) is 28.1 Å². The average Bonchev–Trinajstić information content (AvgIpc) is 2.96. The number of carbonyl (C=O) groups excluding carboxylic acids is 2. The average molecular weight is 336 g/mol. The van der Waals surface area contributed by atoms with Gasteiger partial charge >= 0.3 is 0 Å². The van der Waals surface area contributed by atoms with Gasteiger partial charge in [0.2, 0.25) is 11.8 Å². The van der Waals surface area contributed by atoms with E-state index >= 15 is 0 Å². The summed E-state index contributed by atoms with van der Waals surface area (Å²) in [5, 5.41) is 2.99. The Bertz CT molecular complexity index is 842. The van der Waals surface area contributed by atoms with Gasteiger partial charge in [0.1, 0.15) is 0 Å². The number of hydrogen-bond acceptors (Lipinski definition) is 2. The highest BCUT2D eigenvalue weighted by molar-refractivity contribution is 6.03. The minimum absolute atomic E-state index is 0.00404. The molecule has 0 unspecified atom stereocenters. The number of hydrogen-bond donors (Lipinski definition) is 1. The Kier molecular flexibility index (Phi) is 4.62. The summed E-state index contributed by atoms with van der Waals surface area (Å²) in [6, 6.07) is 11.8. The zero-order valence-corrected chi connectivity index (χ0v) is 15.2. The molecular formula is C21H24N2O2. The van der Waals surface area contributed by atoms with Gasteiger partial charge in [-0.2, -0.15) is 0 Å². The maximum absolute atomic E-state index is 12.6. The van der Waals surface area contributed by atoms with Crippen molar-refractivity contribution >= 4 is 23.2 Å². The zero-order chi connectivity index (χ0) is 18.1. The van der Waals surface area contributed by atoms with Gasteiger partial charge in [0.15, 0.2) is 0 Å². The summed E-state index contributed by atoms with van der Waals surface area (Å²) in [5.74, 6) is -0.410. The number of nitrogens with zero attached hydrogens (tertiary/aromatic N) is 1. The number of aryl methyl sites for hydroxylation is 3. The fourth-order valence-corrected chi connectivity index (χ4v) is 3.15. The predicted molar refractivity (Wildman–Crippen MR) is 101 cm³/mol. The molecule has 2 aromatic carbocycles. The van der Waals surface area contributed by atoms with Crippen molar-refractivity contribution in [3.63, 3.8) is 0 Å². The molecule has 1 heterocycles. The first-order valence-corrected chi connectivity index (χ1v) is 8.61. The second-order valence-corrected chi connectivity index (χ2v) is 6.91. The Labute approximate surface area is 148 Å². The van der Waals surface area contributed by atoms with Gasteiger partial charge in [0.05, 0.1) is 5.92 Å². The quantitative estimate of drug-likeness (QED) is 0.924. The van der Waals surface area contributed by atoms with Crippen molar-refractivity contribution in [2.75, 3.05) is 16.8 Å². The highest BCUT2D eigenvalue weighted by Gasteiger charge is 2.35. The Morgan fingerprint density at radius 2 is 1.80 bits per heavy atom. The van der Waals surface area contributed by atoms with Gasteiger partial charge in [0.25, 0.3) is 0 Å². The van der Waals surface area contributed by atoms with E-state index in [4.69, 9.17) is 0 Å². The van der Waals surface area contributed by atoms with Crippen molar-refractivity contribution in [3.8, 4) is 0 Å². The van der Waals surface area contributed by atoms with Crippen LogP contribution in [-0.4, -0.2) is 18.4 Å². The van der Waals surface area contributed by atoms with E-state index in [-0.39, 0.29) is 24.2 Å². The Morgan fingerprint density at radius 1 is 1.04 bits per heavy atom. The molecule has 1 fully saturated rings. The van der Waals surface area contributed by atoms with E-state index in [1.54, 1.807) is 4.90 Å². The standard InChI is InChI=1S/C21H24N2O2/c1-13-8-9-18(10-15(13)3)23-12-17(11-20(23)24)21(25)22-19-7-5-6-14(2)16(19)4/h5-10,17H,11-12H2,1-4H3,(H,22,25)/t17-/m0/s1. The van der Waals surface area contributed by atoms with Crippen LogP contribution in [0.25, 0.3) is 0 Å². The SMILES string of the molecule is Cc1ccc(N2C[C@@H](C(=O)Nc3cccc(C)c3C)CC2=O)cc1C. The molecule has 0 saturated carbocycles. The summed E-state index contributed by atoms with van der Waals surface area (Å²) in [4.78, 5) is 26.8. The number of amides is 2. The molecule has 0 radical (unpaired) electrons. The summed E-state index contributed by atoms with van der Waals surface area (Å²) in [5.41, 5.74) is 6.23.